The SMILES string of the molecule is CCC(CC)(CN)c1ccc(C)c(C)c1. The van der Waals surface area contributed by atoms with Crippen molar-refractivity contribution in [2.75, 3.05) is 6.54 Å². The minimum atomic E-state index is 0.179. The van der Waals surface area contributed by atoms with Crippen LogP contribution in [-0.4, -0.2) is 6.54 Å². The van der Waals surface area contributed by atoms with Crippen molar-refractivity contribution in [2.45, 2.75) is 46.0 Å². The van der Waals surface area contributed by atoms with Gasteiger partial charge >= 0.3 is 0 Å². The third-order valence-corrected chi connectivity index (χ3v) is 3.86. The van der Waals surface area contributed by atoms with E-state index in [4.69, 9.17) is 5.73 Å². The van der Waals surface area contributed by atoms with Crippen LogP contribution in [0.25, 0.3) is 0 Å². The van der Waals surface area contributed by atoms with Gasteiger partial charge in [0.2, 0.25) is 0 Å². The Morgan fingerprint density at radius 3 is 2.07 bits per heavy atom. The maximum Gasteiger partial charge on any atom is 0.00704 e. The molecule has 1 aromatic carbocycles. The fourth-order valence-corrected chi connectivity index (χ4v) is 2.14. The van der Waals surface area contributed by atoms with E-state index < -0.39 is 0 Å². The summed E-state index contributed by atoms with van der Waals surface area (Å²) < 4.78 is 0. The molecule has 1 nitrogen and oxygen atoms in total. The van der Waals surface area contributed by atoms with Gasteiger partial charge in [0.25, 0.3) is 0 Å². The van der Waals surface area contributed by atoms with Crippen LogP contribution in [0.3, 0.4) is 0 Å². The molecule has 0 atom stereocenters. The maximum absolute atomic E-state index is 5.95. The quantitative estimate of drug-likeness (QED) is 0.801. The second kappa shape index (κ2) is 4.80. The molecular formula is C14H23N. The van der Waals surface area contributed by atoms with Crippen LogP contribution in [0.2, 0.25) is 0 Å². The first-order chi connectivity index (χ1) is 7.09. The third kappa shape index (κ3) is 2.23. The molecule has 1 rings (SSSR count). The van der Waals surface area contributed by atoms with E-state index in [0.29, 0.717) is 0 Å². The highest BCUT2D eigenvalue weighted by atomic mass is 14.6. The molecule has 0 amide bonds. The van der Waals surface area contributed by atoms with Crippen molar-refractivity contribution in [3.05, 3.63) is 34.9 Å². The summed E-state index contributed by atoms with van der Waals surface area (Å²) in [5, 5.41) is 0. The summed E-state index contributed by atoms with van der Waals surface area (Å²) in [4.78, 5) is 0. The molecule has 0 aliphatic heterocycles. The predicted molar refractivity (Wildman–Crippen MR) is 67.2 cm³/mol. The lowest BCUT2D eigenvalue weighted by Gasteiger charge is -2.31. The van der Waals surface area contributed by atoms with Crippen molar-refractivity contribution in [1.29, 1.82) is 0 Å². The Kier molecular flexibility index (Phi) is 3.92. The standard InChI is InChI=1S/C14H23N/c1-5-14(6-2,10-15)13-8-7-11(3)12(4)9-13/h7-9H,5-6,10,15H2,1-4H3. The molecule has 0 bridgehead atoms. The van der Waals surface area contributed by atoms with Gasteiger partial charge < -0.3 is 5.73 Å². The summed E-state index contributed by atoms with van der Waals surface area (Å²) in [5.41, 5.74) is 10.3. The lowest BCUT2D eigenvalue weighted by Crippen LogP contribution is -2.33. The molecule has 0 unspecified atom stereocenters. The van der Waals surface area contributed by atoms with E-state index in [9.17, 15) is 0 Å². The van der Waals surface area contributed by atoms with Gasteiger partial charge in [-0.1, -0.05) is 32.0 Å². The van der Waals surface area contributed by atoms with Crippen molar-refractivity contribution >= 4 is 0 Å². The first-order valence-corrected chi connectivity index (χ1v) is 5.87. The average molecular weight is 205 g/mol. The molecule has 0 saturated carbocycles. The molecule has 0 radical (unpaired) electrons. The molecule has 1 heteroatoms. The third-order valence-electron chi connectivity index (χ3n) is 3.86. The zero-order valence-electron chi connectivity index (χ0n) is 10.4. The summed E-state index contributed by atoms with van der Waals surface area (Å²) >= 11 is 0. The van der Waals surface area contributed by atoms with Gasteiger partial charge in [-0.15, -0.1) is 0 Å². The smallest absolute Gasteiger partial charge is 0.00704 e. The summed E-state index contributed by atoms with van der Waals surface area (Å²) in [6.07, 6.45) is 2.23. The van der Waals surface area contributed by atoms with Gasteiger partial charge in [-0.3, -0.25) is 0 Å². The van der Waals surface area contributed by atoms with Crippen LogP contribution < -0.4 is 5.73 Å². The van der Waals surface area contributed by atoms with Gasteiger partial charge in [-0.25, -0.2) is 0 Å². The Bertz CT molecular complexity index is 316. The van der Waals surface area contributed by atoms with E-state index in [-0.39, 0.29) is 5.41 Å². The van der Waals surface area contributed by atoms with Crippen molar-refractivity contribution in [2.24, 2.45) is 5.73 Å². The second-order valence-electron chi connectivity index (χ2n) is 4.49. The number of rotatable bonds is 4. The first kappa shape index (κ1) is 12.3. The monoisotopic (exact) mass is 205 g/mol. The zero-order chi connectivity index (χ0) is 11.5. The Labute approximate surface area is 93.7 Å². The normalized spacial score (nSPS) is 11.8. The number of benzene rings is 1. The number of nitrogens with two attached hydrogens (primary N) is 1. The second-order valence-corrected chi connectivity index (χ2v) is 4.49. The fourth-order valence-electron chi connectivity index (χ4n) is 2.14. The number of hydrogen-bond acceptors (Lipinski definition) is 1. The molecular weight excluding hydrogens is 182 g/mol. The summed E-state index contributed by atoms with van der Waals surface area (Å²) in [7, 11) is 0. The van der Waals surface area contributed by atoms with E-state index in [0.717, 1.165) is 19.4 Å². The van der Waals surface area contributed by atoms with Crippen LogP contribution in [0.1, 0.15) is 43.4 Å². The maximum atomic E-state index is 5.95. The Morgan fingerprint density at radius 2 is 1.67 bits per heavy atom. The summed E-state index contributed by atoms with van der Waals surface area (Å²) in [6.45, 7) is 9.52. The molecule has 1 aromatic rings. The van der Waals surface area contributed by atoms with Gasteiger partial charge in [0, 0.05) is 12.0 Å². The molecule has 0 aliphatic carbocycles. The molecule has 0 saturated heterocycles. The molecule has 0 aromatic heterocycles. The van der Waals surface area contributed by atoms with Crippen LogP contribution in [0, 0.1) is 13.8 Å². The van der Waals surface area contributed by atoms with Gasteiger partial charge in [0.1, 0.15) is 0 Å². The molecule has 84 valence electrons. The van der Waals surface area contributed by atoms with E-state index in [2.05, 4.69) is 45.9 Å². The van der Waals surface area contributed by atoms with E-state index in [1.165, 1.54) is 16.7 Å². The topological polar surface area (TPSA) is 26.0 Å². The van der Waals surface area contributed by atoms with Gasteiger partial charge in [0.15, 0.2) is 0 Å². The molecule has 15 heavy (non-hydrogen) atoms. The number of hydrogen-bond donors (Lipinski definition) is 1. The Balaban J connectivity index is 3.17. The van der Waals surface area contributed by atoms with Crippen LogP contribution in [-0.2, 0) is 5.41 Å². The van der Waals surface area contributed by atoms with E-state index in [1.807, 2.05) is 0 Å². The largest absolute Gasteiger partial charge is 0.330 e. The summed E-state index contributed by atoms with van der Waals surface area (Å²) in [6, 6.07) is 6.75. The zero-order valence-corrected chi connectivity index (χ0v) is 10.4. The van der Waals surface area contributed by atoms with Gasteiger partial charge in [-0.2, -0.15) is 0 Å². The minimum Gasteiger partial charge on any atom is -0.330 e. The van der Waals surface area contributed by atoms with Crippen LogP contribution >= 0.6 is 0 Å². The van der Waals surface area contributed by atoms with Crippen molar-refractivity contribution in [3.8, 4) is 0 Å². The lowest BCUT2D eigenvalue weighted by molar-refractivity contribution is 0.406. The van der Waals surface area contributed by atoms with Crippen LogP contribution in [0.5, 0.6) is 0 Å². The highest BCUT2D eigenvalue weighted by Gasteiger charge is 2.26. The lowest BCUT2D eigenvalue weighted by atomic mass is 9.75. The van der Waals surface area contributed by atoms with Crippen LogP contribution in [0.15, 0.2) is 18.2 Å². The molecule has 0 heterocycles. The Morgan fingerprint density at radius 1 is 1.07 bits per heavy atom. The highest BCUT2D eigenvalue weighted by Crippen LogP contribution is 2.31. The van der Waals surface area contributed by atoms with Crippen molar-refractivity contribution in [1.82, 2.24) is 0 Å². The van der Waals surface area contributed by atoms with Crippen LogP contribution in [0.4, 0.5) is 0 Å². The molecule has 0 fully saturated rings. The first-order valence-electron chi connectivity index (χ1n) is 5.87. The fraction of sp³-hybridized carbons (Fsp3) is 0.571. The van der Waals surface area contributed by atoms with E-state index >= 15 is 0 Å². The molecule has 0 spiro atoms. The molecule has 0 aliphatic rings. The number of aryl methyl sites for hydroxylation is 2. The summed E-state index contributed by atoms with van der Waals surface area (Å²) in [5.74, 6) is 0. The predicted octanol–water partition coefficient (Wildman–Crippen LogP) is 3.32. The van der Waals surface area contributed by atoms with Crippen molar-refractivity contribution in [3.63, 3.8) is 0 Å². The average Bonchev–Trinajstić information content (AvgIpc) is 2.26. The molecule has 2 N–H and O–H groups in total. The minimum absolute atomic E-state index is 0.179. The Hall–Kier alpha value is -0.820. The highest BCUT2D eigenvalue weighted by molar-refractivity contribution is 5.35. The van der Waals surface area contributed by atoms with Crippen molar-refractivity contribution < 1.29 is 0 Å². The van der Waals surface area contributed by atoms with Gasteiger partial charge in [-0.05, 0) is 43.4 Å². The van der Waals surface area contributed by atoms with E-state index in [1.54, 1.807) is 0 Å². The van der Waals surface area contributed by atoms with Gasteiger partial charge in [0.05, 0.1) is 0 Å².